The van der Waals surface area contributed by atoms with Gasteiger partial charge in [-0.25, -0.2) is 0 Å². The Hall–Kier alpha value is -3.29. The Balaban J connectivity index is 1.96. The van der Waals surface area contributed by atoms with Crippen LogP contribution >= 0.6 is 0 Å². The molecule has 1 atom stereocenters. The molecule has 1 aliphatic carbocycles. The van der Waals surface area contributed by atoms with Crippen molar-refractivity contribution in [2.75, 3.05) is 5.32 Å². The Morgan fingerprint density at radius 2 is 2.00 bits per heavy atom. The summed E-state index contributed by atoms with van der Waals surface area (Å²) in [6.07, 6.45) is 0.937. The molecule has 134 valence electrons. The number of carbonyl (C=O) groups is 2. The van der Waals surface area contributed by atoms with Gasteiger partial charge in [-0.3, -0.25) is 24.5 Å². The largest absolute Gasteiger partial charge is 0.325 e. The van der Waals surface area contributed by atoms with Crippen molar-refractivity contribution in [2.24, 2.45) is 5.92 Å². The van der Waals surface area contributed by atoms with E-state index in [0.29, 0.717) is 29.7 Å². The molecule has 0 saturated heterocycles. The summed E-state index contributed by atoms with van der Waals surface area (Å²) in [5.41, 5.74) is 0.785. The van der Waals surface area contributed by atoms with E-state index < -0.39 is 16.4 Å². The number of pyridine rings is 1. The van der Waals surface area contributed by atoms with Gasteiger partial charge in [0.15, 0.2) is 5.78 Å². The second-order valence-electron chi connectivity index (χ2n) is 6.55. The van der Waals surface area contributed by atoms with Crippen molar-refractivity contribution in [2.45, 2.75) is 26.7 Å². The van der Waals surface area contributed by atoms with Gasteiger partial charge >= 0.3 is 0 Å². The Labute approximate surface area is 148 Å². The van der Waals surface area contributed by atoms with Crippen molar-refractivity contribution in [3.63, 3.8) is 0 Å². The molecule has 0 radical (unpaired) electrons. The number of H-pyrrole nitrogens is 1. The van der Waals surface area contributed by atoms with E-state index in [4.69, 9.17) is 0 Å². The van der Waals surface area contributed by atoms with Crippen LogP contribution in [0, 0.1) is 23.0 Å². The number of rotatable bonds is 3. The van der Waals surface area contributed by atoms with E-state index in [1.165, 1.54) is 24.3 Å². The number of Topliss-reactive ketones (excluding diaryl/α,β-unsaturated/α-hetero) is 1. The third-order valence-corrected chi connectivity index (χ3v) is 4.43. The van der Waals surface area contributed by atoms with Crippen LogP contribution in [0.3, 0.4) is 0 Å². The first kappa shape index (κ1) is 17.5. The van der Waals surface area contributed by atoms with Gasteiger partial charge in [-0.2, -0.15) is 0 Å². The first-order valence-corrected chi connectivity index (χ1v) is 8.12. The minimum absolute atomic E-state index is 0.115. The number of nitro groups is 1. The minimum Gasteiger partial charge on any atom is -0.325 e. The fourth-order valence-corrected chi connectivity index (χ4v) is 3.04. The number of amides is 1. The lowest BCUT2D eigenvalue weighted by Crippen LogP contribution is -2.29. The zero-order chi connectivity index (χ0) is 19.0. The summed E-state index contributed by atoms with van der Waals surface area (Å²) in [4.78, 5) is 49.9. The smallest absolute Gasteiger partial charge is 0.271 e. The standard InChI is InChI=1S/C18H17N3O5/c1-9-5-15-12(16(22)6-9)8-13(18(24)20-15)17(23)19-14-7-11(21(25)26)4-3-10(14)2/h3-4,7-9H,5-6H2,1-2H3,(H,19,23)(H,20,24). The lowest BCUT2D eigenvalue weighted by molar-refractivity contribution is -0.384. The normalized spacial score (nSPS) is 16.1. The van der Waals surface area contributed by atoms with Gasteiger partial charge in [0, 0.05) is 29.8 Å². The highest BCUT2D eigenvalue weighted by atomic mass is 16.6. The summed E-state index contributed by atoms with van der Waals surface area (Å²) in [7, 11) is 0. The molecule has 1 heterocycles. The molecule has 3 rings (SSSR count). The number of non-ortho nitro benzene ring substituents is 1. The van der Waals surface area contributed by atoms with Gasteiger partial charge in [-0.05, 0) is 30.9 Å². The Morgan fingerprint density at radius 1 is 1.27 bits per heavy atom. The van der Waals surface area contributed by atoms with Crippen LogP contribution in [0.4, 0.5) is 11.4 Å². The van der Waals surface area contributed by atoms with Gasteiger partial charge < -0.3 is 10.3 Å². The number of nitro benzene ring substituents is 1. The molecule has 0 spiro atoms. The molecular weight excluding hydrogens is 338 g/mol. The van der Waals surface area contributed by atoms with Crippen LogP contribution in [0.2, 0.25) is 0 Å². The van der Waals surface area contributed by atoms with Crippen molar-refractivity contribution in [3.8, 4) is 0 Å². The number of aryl methyl sites for hydroxylation is 1. The van der Waals surface area contributed by atoms with Crippen LogP contribution in [0.1, 0.15) is 45.3 Å². The summed E-state index contributed by atoms with van der Waals surface area (Å²) in [6, 6.07) is 5.38. The quantitative estimate of drug-likeness (QED) is 0.647. The van der Waals surface area contributed by atoms with E-state index >= 15 is 0 Å². The third kappa shape index (κ3) is 3.26. The fraction of sp³-hybridized carbons (Fsp3) is 0.278. The van der Waals surface area contributed by atoms with Crippen LogP contribution in [0.5, 0.6) is 0 Å². The van der Waals surface area contributed by atoms with Crippen molar-refractivity contribution < 1.29 is 14.5 Å². The topological polar surface area (TPSA) is 122 Å². The highest BCUT2D eigenvalue weighted by molar-refractivity contribution is 6.07. The number of nitrogens with zero attached hydrogens (tertiary/aromatic N) is 1. The van der Waals surface area contributed by atoms with Crippen LogP contribution in [-0.4, -0.2) is 21.6 Å². The average molecular weight is 355 g/mol. The summed E-state index contributed by atoms with van der Waals surface area (Å²) < 4.78 is 0. The molecule has 1 aliphatic rings. The molecule has 1 aromatic heterocycles. The van der Waals surface area contributed by atoms with E-state index in [1.807, 2.05) is 6.92 Å². The molecule has 0 fully saturated rings. The first-order valence-electron chi connectivity index (χ1n) is 8.12. The number of aromatic nitrogens is 1. The second-order valence-corrected chi connectivity index (χ2v) is 6.55. The van der Waals surface area contributed by atoms with Gasteiger partial charge in [0.1, 0.15) is 5.56 Å². The Bertz CT molecular complexity index is 993. The predicted molar refractivity (Wildman–Crippen MR) is 94.7 cm³/mol. The van der Waals surface area contributed by atoms with Gasteiger partial charge in [0.2, 0.25) is 0 Å². The van der Waals surface area contributed by atoms with E-state index in [2.05, 4.69) is 10.3 Å². The molecule has 0 saturated carbocycles. The van der Waals surface area contributed by atoms with Crippen LogP contribution in [0.15, 0.2) is 29.1 Å². The van der Waals surface area contributed by atoms with Gasteiger partial charge in [0.25, 0.3) is 17.2 Å². The van der Waals surface area contributed by atoms with Crippen molar-refractivity contribution in [1.29, 1.82) is 0 Å². The third-order valence-electron chi connectivity index (χ3n) is 4.43. The average Bonchev–Trinajstić information content (AvgIpc) is 2.55. The lowest BCUT2D eigenvalue weighted by Gasteiger charge is -2.20. The molecule has 1 amide bonds. The van der Waals surface area contributed by atoms with E-state index in [1.54, 1.807) is 6.92 Å². The molecule has 8 heteroatoms. The molecule has 8 nitrogen and oxygen atoms in total. The lowest BCUT2D eigenvalue weighted by atomic mass is 9.86. The first-order chi connectivity index (χ1) is 12.3. The van der Waals surface area contributed by atoms with E-state index in [9.17, 15) is 24.5 Å². The maximum absolute atomic E-state index is 12.5. The maximum atomic E-state index is 12.5. The highest BCUT2D eigenvalue weighted by Crippen LogP contribution is 2.25. The summed E-state index contributed by atoms with van der Waals surface area (Å²) in [6.45, 7) is 3.60. The highest BCUT2D eigenvalue weighted by Gasteiger charge is 2.26. The fourth-order valence-electron chi connectivity index (χ4n) is 3.04. The number of hydrogen-bond donors (Lipinski definition) is 2. The molecular formula is C18H17N3O5. The number of fused-ring (bicyclic) bond motifs is 1. The number of carbonyl (C=O) groups excluding carboxylic acids is 2. The zero-order valence-electron chi connectivity index (χ0n) is 14.3. The van der Waals surface area contributed by atoms with Crippen LogP contribution in [0.25, 0.3) is 0 Å². The monoisotopic (exact) mass is 355 g/mol. The SMILES string of the molecule is Cc1ccc([N+](=O)[O-])cc1NC(=O)c1cc2c([nH]c1=O)CC(C)CC2=O. The summed E-state index contributed by atoms with van der Waals surface area (Å²) in [5.74, 6) is -0.697. The molecule has 26 heavy (non-hydrogen) atoms. The zero-order valence-corrected chi connectivity index (χ0v) is 14.3. The maximum Gasteiger partial charge on any atom is 0.271 e. The number of nitrogens with one attached hydrogen (secondary N) is 2. The molecule has 2 aromatic rings. The van der Waals surface area contributed by atoms with Gasteiger partial charge in [-0.1, -0.05) is 13.0 Å². The molecule has 1 unspecified atom stereocenters. The van der Waals surface area contributed by atoms with E-state index in [0.717, 1.165) is 0 Å². The van der Waals surface area contributed by atoms with Crippen molar-refractivity contribution in [3.05, 3.63) is 67.1 Å². The molecule has 1 aromatic carbocycles. The number of hydrogen-bond acceptors (Lipinski definition) is 5. The van der Waals surface area contributed by atoms with Gasteiger partial charge in [-0.15, -0.1) is 0 Å². The molecule has 0 bridgehead atoms. The number of aromatic amines is 1. The predicted octanol–water partition coefficient (Wildman–Crippen LogP) is 2.61. The van der Waals surface area contributed by atoms with Crippen LogP contribution in [-0.2, 0) is 6.42 Å². The van der Waals surface area contributed by atoms with Crippen molar-refractivity contribution >= 4 is 23.1 Å². The Kier molecular flexibility index (Phi) is 4.41. The Morgan fingerprint density at radius 3 is 2.69 bits per heavy atom. The minimum atomic E-state index is -0.718. The summed E-state index contributed by atoms with van der Waals surface area (Å²) >= 11 is 0. The van der Waals surface area contributed by atoms with E-state index in [-0.39, 0.29) is 28.6 Å². The second kappa shape index (κ2) is 6.55. The number of benzene rings is 1. The van der Waals surface area contributed by atoms with Crippen LogP contribution < -0.4 is 10.9 Å². The summed E-state index contributed by atoms with van der Waals surface area (Å²) in [5, 5.41) is 13.4. The molecule has 0 aliphatic heterocycles. The number of anilines is 1. The molecule has 2 N–H and O–H groups in total. The van der Waals surface area contributed by atoms with Crippen molar-refractivity contribution in [1.82, 2.24) is 4.98 Å². The van der Waals surface area contributed by atoms with Gasteiger partial charge in [0.05, 0.1) is 10.6 Å². The number of ketones is 1.